The van der Waals surface area contributed by atoms with Gasteiger partial charge in [0.15, 0.2) is 0 Å². The van der Waals surface area contributed by atoms with E-state index < -0.39 is 17.7 Å². The molecule has 8 rings (SSSR count). The van der Waals surface area contributed by atoms with E-state index in [1.165, 1.54) is 0 Å². The third kappa shape index (κ3) is 5.76. The van der Waals surface area contributed by atoms with E-state index >= 15 is 0 Å². The van der Waals surface area contributed by atoms with Crippen molar-refractivity contribution in [1.29, 1.82) is 5.26 Å². The Labute approximate surface area is 272 Å². The molecule has 5 aromatic rings. The molecule has 2 bridgehead atoms. The lowest BCUT2D eigenvalue weighted by Crippen LogP contribution is -2.57. The second-order valence-corrected chi connectivity index (χ2v) is 13.2. The number of rotatable bonds is 7. The maximum atomic E-state index is 13.6. The molecule has 2 amide bonds. The van der Waals surface area contributed by atoms with Crippen LogP contribution in [0.1, 0.15) is 44.4 Å². The quantitative estimate of drug-likeness (QED) is 0.266. The van der Waals surface area contributed by atoms with Crippen LogP contribution >= 0.6 is 0 Å². The molecule has 3 fully saturated rings. The maximum Gasteiger partial charge on any atom is 0.408 e. The fraction of sp³-hybridized carbons (Fsp3) is 0.314. The summed E-state index contributed by atoms with van der Waals surface area (Å²) in [6.45, 7) is 6.12. The number of hydrogen-bond donors (Lipinski definition) is 2. The normalized spacial score (nSPS) is 19.1. The molecule has 3 aliphatic rings. The van der Waals surface area contributed by atoms with Gasteiger partial charge in [-0.2, -0.15) is 15.5 Å². The van der Waals surface area contributed by atoms with E-state index in [9.17, 15) is 14.9 Å². The Morgan fingerprint density at radius 1 is 1.02 bits per heavy atom. The minimum absolute atomic E-state index is 0.0728. The topological polar surface area (TPSA) is 142 Å². The van der Waals surface area contributed by atoms with Gasteiger partial charge in [0.2, 0.25) is 5.91 Å². The van der Waals surface area contributed by atoms with Crippen LogP contribution in [0.15, 0.2) is 79.5 Å². The highest BCUT2D eigenvalue weighted by Gasteiger charge is 2.53. The van der Waals surface area contributed by atoms with Crippen molar-refractivity contribution in [2.24, 2.45) is 13.0 Å². The maximum absolute atomic E-state index is 13.6. The molecule has 12 nitrogen and oxygen atoms in total. The molecule has 4 atom stereocenters. The average molecular weight is 630 g/mol. The zero-order valence-electron chi connectivity index (χ0n) is 26.6. The number of amides is 2. The van der Waals surface area contributed by atoms with Crippen molar-refractivity contribution in [2.45, 2.75) is 50.9 Å². The van der Waals surface area contributed by atoms with Crippen LogP contribution in [0.4, 0.5) is 10.6 Å². The van der Waals surface area contributed by atoms with E-state index in [2.05, 4.69) is 31.8 Å². The summed E-state index contributed by atoms with van der Waals surface area (Å²) in [5.41, 5.74) is 4.75. The first-order chi connectivity index (χ1) is 22.6. The average Bonchev–Trinajstić information content (AvgIpc) is 3.85. The molecule has 47 heavy (non-hydrogen) atoms. The summed E-state index contributed by atoms with van der Waals surface area (Å²) in [6.07, 6.45) is 9.33. The Hall–Kier alpha value is -5.70. The zero-order valence-corrected chi connectivity index (χ0v) is 26.6. The largest absolute Gasteiger partial charge is 0.444 e. The first-order valence-electron chi connectivity index (χ1n) is 15.6. The van der Waals surface area contributed by atoms with Gasteiger partial charge in [0.25, 0.3) is 0 Å². The summed E-state index contributed by atoms with van der Waals surface area (Å²) < 4.78 is 8.92. The molecule has 1 saturated carbocycles. The Morgan fingerprint density at radius 3 is 2.51 bits per heavy atom. The summed E-state index contributed by atoms with van der Waals surface area (Å²) in [5, 5.41) is 24.5. The minimum Gasteiger partial charge on any atom is -0.444 e. The number of benzene rings is 1. The fourth-order valence-electron chi connectivity index (χ4n) is 6.58. The molecule has 2 aliphatic heterocycles. The van der Waals surface area contributed by atoms with Crippen molar-refractivity contribution in [2.75, 3.05) is 11.4 Å². The predicted molar refractivity (Wildman–Crippen MR) is 175 cm³/mol. The van der Waals surface area contributed by atoms with Crippen LogP contribution in [0.5, 0.6) is 0 Å². The molecule has 12 heteroatoms. The van der Waals surface area contributed by atoms with E-state index in [0.717, 1.165) is 41.0 Å². The number of fused-ring (bicyclic) bond motifs is 2. The number of carbonyl (C=O) groups excluding carboxylic acids is 2. The minimum atomic E-state index is -0.891. The Morgan fingerprint density at radius 2 is 1.83 bits per heavy atom. The lowest BCUT2D eigenvalue weighted by Gasteiger charge is -2.38. The number of alkyl carbamates (subject to hydrolysis) is 1. The van der Waals surface area contributed by atoms with Gasteiger partial charge in [0, 0.05) is 60.4 Å². The summed E-state index contributed by atoms with van der Waals surface area (Å²) in [5.74, 6) is 0.806. The van der Waals surface area contributed by atoms with Crippen LogP contribution in [0.25, 0.3) is 27.8 Å². The number of anilines is 1. The molecular formula is C35H35N9O3. The molecular weight excluding hydrogens is 594 g/mol. The molecule has 0 spiro atoms. The number of carbonyl (C=O) groups is 2. The number of aryl methyl sites for hydroxylation is 1. The third-order valence-electron chi connectivity index (χ3n) is 8.79. The standard InChI is InChI=1S/C35H35N9O3/c1-35(2,3)47-34(46)41-31(21-8-6-5-7-9-21)33(45)40-30-24-13-28(30)43(19-24)29-11-10-22(15-37-29)27-12-23(26-17-38-42(4)18-26)20-44-32(27)25(14-36)16-39-44/h5-12,15-18,20,24,28,30-31H,13,19H2,1-4H3,(H,40,45)(H,41,46)/t24-,28?,30-,31?/m1/s1. The lowest BCUT2D eigenvalue weighted by molar-refractivity contribution is -0.125. The highest BCUT2D eigenvalue weighted by Crippen LogP contribution is 2.43. The van der Waals surface area contributed by atoms with Crippen LogP contribution in [-0.4, -0.2) is 60.6 Å². The molecule has 238 valence electrons. The van der Waals surface area contributed by atoms with E-state index in [0.29, 0.717) is 16.6 Å². The number of aromatic nitrogens is 5. The Balaban J connectivity index is 1.10. The summed E-state index contributed by atoms with van der Waals surface area (Å²) in [6, 6.07) is 16.6. The molecule has 6 heterocycles. The highest BCUT2D eigenvalue weighted by molar-refractivity contribution is 5.88. The van der Waals surface area contributed by atoms with Crippen LogP contribution in [0.3, 0.4) is 0 Å². The monoisotopic (exact) mass is 629 g/mol. The van der Waals surface area contributed by atoms with Gasteiger partial charge in [-0.15, -0.1) is 0 Å². The van der Waals surface area contributed by atoms with E-state index in [1.807, 2.05) is 74.2 Å². The van der Waals surface area contributed by atoms with Crippen molar-refractivity contribution in [3.8, 4) is 28.3 Å². The number of pyridine rings is 2. The second-order valence-electron chi connectivity index (χ2n) is 13.2. The number of nitrogens with zero attached hydrogens (tertiary/aromatic N) is 7. The van der Waals surface area contributed by atoms with E-state index in [4.69, 9.17) is 9.72 Å². The smallest absolute Gasteiger partial charge is 0.408 e. The molecule has 2 unspecified atom stereocenters. The summed E-state index contributed by atoms with van der Waals surface area (Å²) in [4.78, 5) is 33.4. The zero-order chi connectivity index (χ0) is 32.9. The van der Waals surface area contributed by atoms with Gasteiger partial charge in [-0.3, -0.25) is 9.48 Å². The van der Waals surface area contributed by atoms with Gasteiger partial charge in [0.1, 0.15) is 23.5 Å². The van der Waals surface area contributed by atoms with Crippen molar-refractivity contribution in [1.82, 2.24) is 35.0 Å². The fourth-order valence-corrected chi connectivity index (χ4v) is 6.58. The highest BCUT2D eigenvalue weighted by atomic mass is 16.6. The molecule has 2 saturated heterocycles. The molecule has 0 radical (unpaired) electrons. The van der Waals surface area contributed by atoms with Crippen molar-refractivity contribution in [3.05, 3.63) is 90.6 Å². The number of nitriles is 1. The van der Waals surface area contributed by atoms with Gasteiger partial charge < -0.3 is 20.3 Å². The van der Waals surface area contributed by atoms with Crippen LogP contribution in [0.2, 0.25) is 0 Å². The summed E-state index contributed by atoms with van der Waals surface area (Å²) in [7, 11) is 1.87. The van der Waals surface area contributed by atoms with Gasteiger partial charge in [0.05, 0.1) is 35.6 Å². The van der Waals surface area contributed by atoms with Crippen molar-refractivity contribution in [3.63, 3.8) is 0 Å². The molecule has 4 aromatic heterocycles. The van der Waals surface area contributed by atoms with Gasteiger partial charge >= 0.3 is 6.09 Å². The summed E-state index contributed by atoms with van der Waals surface area (Å²) >= 11 is 0. The number of nitrogens with one attached hydrogen (secondary N) is 2. The molecule has 1 aliphatic carbocycles. The molecule has 2 N–H and O–H groups in total. The van der Waals surface area contributed by atoms with Crippen molar-refractivity contribution >= 4 is 23.3 Å². The third-order valence-corrected chi connectivity index (χ3v) is 8.79. The Kier molecular flexibility index (Phi) is 7.39. The van der Waals surface area contributed by atoms with E-state index in [1.54, 1.807) is 42.4 Å². The van der Waals surface area contributed by atoms with E-state index in [-0.39, 0.29) is 23.9 Å². The molecule has 1 aromatic carbocycles. The van der Waals surface area contributed by atoms with Gasteiger partial charge in [-0.05, 0) is 51.0 Å². The number of hydrogen-bond acceptors (Lipinski definition) is 8. The van der Waals surface area contributed by atoms with Gasteiger partial charge in [-0.25, -0.2) is 14.3 Å². The first-order valence-corrected chi connectivity index (χ1v) is 15.6. The van der Waals surface area contributed by atoms with Crippen LogP contribution < -0.4 is 15.5 Å². The van der Waals surface area contributed by atoms with Crippen LogP contribution in [-0.2, 0) is 16.6 Å². The lowest BCUT2D eigenvalue weighted by atomic mass is 9.79. The second kappa shape index (κ2) is 11.6. The SMILES string of the molecule is Cn1cc(-c2cc(-c3ccc(N4C[C@H]5CC4[C@@H]5NC(=O)C(NC(=O)OC(C)(C)C)c4ccccc4)nc3)c3c(C#N)cnn3c2)cn1. The Bertz CT molecular complexity index is 2000. The number of ether oxygens (including phenoxy) is 1. The predicted octanol–water partition coefficient (Wildman–Crippen LogP) is 4.63. The van der Waals surface area contributed by atoms with Gasteiger partial charge in [-0.1, -0.05) is 30.3 Å². The first kappa shape index (κ1) is 30.0. The van der Waals surface area contributed by atoms with Crippen LogP contribution in [0, 0.1) is 17.2 Å². The van der Waals surface area contributed by atoms with Crippen molar-refractivity contribution < 1.29 is 14.3 Å².